The lowest BCUT2D eigenvalue weighted by molar-refractivity contribution is 0.455. The Morgan fingerprint density at radius 1 is 1.22 bits per heavy atom. The summed E-state index contributed by atoms with van der Waals surface area (Å²) in [6.45, 7) is 1.67. The number of aryl methyl sites for hydroxylation is 1. The molecule has 0 saturated heterocycles. The molecule has 0 spiro atoms. The Labute approximate surface area is 135 Å². The van der Waals surface area contributed by atoms with Crippen molar-refractivity contribution in [3.8, 4) is 11.5 Å². The number of hydrogen-bond acceptors (Lipinski definition) is 3. The molecule has 2 aromatic carbocycles. The normalized spacial score (nSPS) is 11.1. The molecule has 0 radical (unpaired) electrons. The van der Waals surface area contributed by atoms with Crippen molar-refractivity contribution in [1.29, 1.82) is 0 Å². The minimum Gasteiger partial charge on any atom is -0.508 e. The van der Waals surface area contributed by atoms with Crippen LogP contribution in [0.2, 0.25) is 5.02 Å². The van der Waals surface area contributed by atoms with E-state index in [-0.39, 0.29) is 17.9 Å². The lowest BCUT2D eigenvalue weighted by Gasteiger charge is -2.11. The van der Waals surface area contributed by atoms with Crippen LogP contribution >= 0.6 is 11.6 Å². The predicted molar refractivity (Wildman–Crippen MR) is 86.9 cm³/mol. The fourth-order valence-electron chi connectivity index (χ4n) is 2.71. The number of aromatic amines is 1. The number of phenols is 2. The summed E-state index contributed by atoms with van der Waals surface area (Å²) in [4.78, 5) is 14.9. The van der Waals surface area contributed by atoms with E-state index < -0.39 is 11.4 Å². The van der Waals surface area contributed by atoms with Gasteiger partial charge >= 0.3 is 0 Å². The summed E-state index contributed by atoms with van der Waals surface area (Å²) in [5.41, 5.74) is 1.07. The molecule has 23 heavy (non-hydrogen) atoms. The molecule has 0 bridgehead atoms. The van der Waals surface area contributed by atoms with Gasteiger partial charge in [0.15, 0.2) is 0 Å². The Kier molecular flexibility index (Phi) is 3.74. The highest BCUT2D eigenvalue weighted by Gasteiger charge is 2.15. The van der Waals surface area contributed by atoms with Gasteiger partial charge in [0.1, 0.15) is 17.3 Å². The van der Waals surface area contributed by atoms with Crippen molar-refractivity contribution in [2.24, 2.45) is 0 Å². The van der Waals surface area contributed by atoms with E-state index in [4.69, 9.17) is 11.6 Å². The van der Waals surface area contributed by atoms with E-state index in [2.05, 4.69) is 4.98 Å². The van der Waals surface area contributed by atoms with Crippen LogP contribution in [0.3, 0.4) is 0 Å². The van der Waals surface area contributed by atoms with Crippen LogP contribution in [0.4, 0.5) is 4.39 Å². The zero-order valence-corrected chi connectivity index (χ0v) is 12.9. The molecule has 0 aliphatic rings. The molecule has 0 fully saturated rings. The highest BCUT2D eigenvalue weighted by atomic mass is 35.5. The summed E-state index contributed by atoms with van der Waals surface area (Å²) in [7, 11) is 0. The number of aromatic nitrogens is 1. The fraction of sp³-hybridized carbons (Fsp3) is 0.118. The van der Waals surface area contributed by atoms with E-state index in [0.717, 1.165) is 0 Å². The molecule has 0 aliphatic carbocycles. The van der Waals surface area contributed by atoms with Gasteiger partial charge in [-0.05, 0) is 36.2 Å². The maximum Gasteiger partial charge on any atom is 0.252 e. The SMILES string of the molecule is Cc1c(Cc2cc(Cl)ccc2F)c(=O)[nH]c2cc(O)cc(O)c12. The van der Waals surface area contributed by atoms with Crippen molar-refractivity contribution < 1.29 is 14.6 Å². The van der Waals surface area contributed by atoms with Gasteiger partial charge < -0.3 is 15.2 Å². The highest BCUT2D eigenvalue weighted by Crippen LogP contribution is 2.32. The molecule has 1 heterocycles. The summed E-state index contributed by atoms with van der Waals surface area (Å²) >= 11 is 5.88. The molecular formula is C17H13ClFNO3. The molecule has 118 valence electrons. The summed E-state index contributed by atoms with van der Waals surface area (Å²) in [6.07, 6.45) is 0.0455. The third kappa shape index (κ3) is 2.75. The van der Waals surface area contributed by atoms with Crippen LogP contribution in [-0.4, -0.2) is 15.2 Å². The molecule has 3 aromatic rings. The quantitative estimate of drug-likeness (QED) is 0.670. The standard InChI is InChI=1S/C17H13ClFNO3/c1-8-12(5-9-4-10(18)2-3-13(9)19)17(23)20-14-6-11(21)7-15(22)16(8)14/h2-4,6-7,21-22H,5H2,1H3,(H,20,23). The topological polar surface area (TPSA) is 73.3 Å². The van der Waals surface area contributed by atoms with E-state index in [1.165, 1.54) is 30.3 Å². The second-order valence-corrected chi connectivity index (χ2v) is 5.79. The van der Waals surface area contributed by atoms with E-state index >= 15 is 0 Å². The molecule has 0 unspecified atom stereocenters. The average molecular weight is 334 g/mol. The first-order chi connectivity index (χ1) is 10.9. The number of aromatic hydroxyl groups is 2. The number of nitrogens with one attached hydrogen (secondary N) is 1. The molecule has 6 heteroatoms. The number of pyridine rings is 1. The summed E-state index contributed by atoms with van der Waals surface area (Å²) < 4.78 is 13.9. The van der Waals surface area contributed by atoms with Crippen LogP contribution in [0.1, 0.15) is 16.7 Å². The second-order valence-electron chi connectivity index (χ2n) is 5.36. The molecule has 0 amide bonds. The van der Waals surface area contributed by atoms with Crippen LogP contribution in [0.25, 0.3) is 10.9 Å². The molecule has 3 rings (SSSR count). The van der Waals surface area contributed by atoms with E-state index in [9.17, 15) is 19.4 Å². The van der Waals surface area contributed by atoms with Gasteiger partial charge in [-0.1, -0.05) is 11.6 Å². The number of halogens is 2. The van der Waals surface area contributed by atoms with Crippen molar-refractivity contribution >= 4 is 22.5 Å². The van der Waals surface area contributed by atoms with Gasteiger partial charge in [0.25, 0.3) is 5.56 Å². The number of H-pyrrole nitrogens is 1. The van der Waals surface area contributed by atoms with Crippen LogP contribution < -0.4 is 5.56 Å². The first-order valence-electron chi connectivity index (χ1n) is 6.88. The lowest BCUT2D eigenvalue weighted by Crippen LogP contribution is -2.16. The molecule has 0 aliphatic heterocycles. The van der Waals surface area contributed by atoms with Crippen LogP contribution in [0.5, 0.6) is 11.5 Å². The monoisotopic (exact) mass is 333 g/mol. The summed E-state index contributed by atoms with van der Waals surface area (Å²) in [5, 5.41) is 20.3. The van der Waals surface area contributed by atoms with Crippen molar-refractivity contribution in [2.45, 2.75) is 13.3 Å². The van der Waals surface area contributed by atoms with Crippen LogP contribution in [-0.2, 0) is 6.42 Å². The Morgan fingerprint density at radius 2 is 1.96 bits per heavy atom. The van der Waals surface area contributed by atoms with Crippen molar-refractivity contribution in [1.82, 2.24) is 4.98 Å². The average Bonchev–Trinajstić information content (AvgIpc) is 2.45. The number of benzene rings is 2. The molecule has 0 saturated carbocycles. The smallest absolute Gasteiger partial charge is 0.252 e. The summed E-state index contributed by atoms with van der Waals surface area (Å²) in [6, 6.07) is 6.70. The zero-order chi connectivity index (χ0) is 16.7. The Bertz CT molecular complexity index is 982. The second kappa shape index (κ2) is 5.59. The minimum atomic E-state index is -0.455. The van der Waals surface area contributed by atoms with Gasteiger partial charge in [-0.2, -0.15) is 0 Å². The van der Waals surface area contributed by atoms with Gasteiger partial charge in [0, 0.05) is 34.5 Å². The maximum absolute atomic E-state index is 13.9. The number of hydrogen-bond donors (Lipinski definition) is 3. The third-order valence-electron chi connectivity index (χ3n) is 3.83. The van der Waals surface area contributed by atoms with Crippen molar-refractivity contribution in [2.75, 3.05) is 0 Å². The van der Waals surface area contributed by atoms with Crippen LogP contribution in [0, 0.1) is 12.7 Å². The third-order valence-corrected chi connectivity index (χ3v) is 4.06. The van der Waals surface area contributed by atoms with E-state index in [1.54, 1.807) is 6.92 Å². The van der Waals surface area contributed by atoms with Gasteiger partial charge in [0.2, 0.25) is 0 Å². The lowest BCUT2D eigenvalue weighted by atomic mass is 9.98. The van der Waals surface area contributed by atoms with E-state index in [0.29, 0.717) is 32.6 Å². The van der Waals surface area contributed by atoms with Gasteiger partial charge in [-0.25, -0.2) is 4.39 Å². The molecule has 4 nitrogen and oxygen atoms in total. The molecular weight excluding hydrogens is 321 g/mol. The van der Waals surface area contributed by atoms with Gasteiger partial charge in [-0.3, -0.25) is 4.79 Å². The van der Waals surface area contributed by atoms with Crippen LogP contribution in [0.15, 0.2) is 35.1 Å². The van der Waals surface area contributed by atoms with E-state index in [1.807, 2.05) is 0 Å². The molecule has 0 atom stereocenters. The van der Waals surface area contributed by atoms with Gasteiger partial charge in [0.05, 0.1) is 5.52 Å². The zero-order valence-electron chi connectivity index (χ0n) is 12.2. The Balaban J connectivity index is 2.22. The fourth-order valence-corrected chi connectivity index (χ4v) is 2.90. The molecule has 3 N–H and O–H groups in total. The largest absolute Gasteiger partial charge is 0.508 e. The minimum absolute atomic E-state index is 0.0455. The van der Waals surface area contributed by atoms with Crippen molar-refractivity contribution in [3.05, 3.63) is 68.2 Å². The number of fused-ring (bicyclic) bond motifs is 1. The number of rotatable bonds is 2. The first kappa shape index (κ1) is 15.4. The highest BCUT2D eigenvalue weighted by molar-refractivity contribution is 6.30. The first-order valence-corrected chi connectivity index (χ1v) is 7.26. The van der Waals surface area contributed by atoms with Gasteiger partial charge in [-0.15, -0.1) is 0 Å². The maximum atomic E-state index is 13.9. The Morgan fingerprint density at radius 3 is 2.70 bits per heavy atom. The predicted octanol–water partition coefficient (Wildman–Crippen LogP) is 3.63. The molecule has 1 aromatic heterocycles. The summed E-state index contributed by atoms with van der Waals surface area (Å²) in [5.74, 6) is -0.761. The Hall–Kier alpha value is -2.53. The number of phenolic OH excluding ortho intramolecular Hbond substituents is 2. The van der Waals surface area contributed by atoms with Crippen molar-refractivity contribution in [3.63, 3.8) is 0 Å².